The molecule has 1 amide bonds. The number of methoxy groups -OCH3 is 2. The predicted octanol–water partition coefficient (Wildman–Crippen LogP) is 6.07. The smallest absolute Gasteiger partial charge is 0.232 e. The molecule has 0 unspecified atom stereocenters. The van der Waals surface area contributed by atoms with Crippen LogP contribution in [0.4, 0.5) is 5.69 Å². The topological polar surface area (TPSA) is 38.8 Å². The fourth-order valence-corrected chi connectivity index (χ4v) is 3.84. The minimum atomic E-state index is -0.0181. The number of anilines is 1. The number of aryl methyl sites for hydroxylation is 1. The average molecular weight is 418 g/mol. The van der Waals surface area contributed by atoms with Crippen molar-refractivity contribution in [1.29, 1.82) is 0 Å². The maximum absolute atomic E-state index is 12.3. The molecule has 1 aliphatic heterocycles. The number of carbonyl (C=O) groups excluding carboxylic acids is 1. The molecule has 162 valence electrons. The lowest BCUT2D eigenvalue weighted by atomic mass is 9.83. The van der Waals surface area contributed by atoms with Gasteiger partial charge in [0.2, 0.25) is 5.91 Å². The summed E-state index contributed by atoms with van der Waals surface area (Å²) in [7, 11) is 3.28. The van der Waals surface area contributed by atoms with Gasteiger partial charge >= 0.3 is 0 Å². The highest BCUT2D eigenvalue weighted by Crippen LogP contribution is 2.43. The number of carbonyl (C=O) groups is 1. The first-order valence-electron chi connectivity index (χ1n) is 10.7. The summed E-state index contributed by atoms with van der Waals surface area (Å²) in [6.07, 6.45) is 2.45. The molecule has 4 heteroatoms. The van der Waals surface area contributed by atoms with E-state index in [0.29, 0.717) is 0 Å². The monoisotopic (exact) mass is 417 g/mol. The second kappa shape index (κ2) is 10.7. The third kappa shape index (κ3) is 5.26. The zero-order chi connectivity index (χ0) is 22.2. The fraction of sp³-hybridized carbons (Fsp3) is 0.296. The third-order valence-electron chi connectivity index (χ3n) is 5.57. The molecule has 0 N–H and O–H groups in total. The molecule has 4 nitrogen and oxygen atoms in total. The Balaban J connectivity index is 0.000000254. The van der Waals surface area contributed by atoms with Crippen molar-refractivity contribution in [1.82, 2.24) is 0 Å². The molecule has 1 saturated heterocycles. The number of nitrogens with zero attached hydrogens (tertiary/aromatic N) is 1. The van der Waals surface area contributed by atoms with E-state index in [4.69, 9.17) is 9.47 Å². The molecule has 1 heterocycles. The summed E-state index contributed by atoms with van der Waals surface area (Å²) < 4.78 is 10.4. The first-order valence-corrected chi connectivity index (χ1v) is 10.7. The maximum Gasteiger partial charge on any atom is 0.232 e. The van der Waals surface area contributed by atoms with Gasteiger partial charge in [0.15, 0.2) is 0 Å². The van der Waals surface area contributed by atoms with Crippen molar-refractivity contribution >= 4 is 11.6 Å². The van der Waals surface area contributed by atoms with Gasteiger partial charge in [0.05, 0.1) is 26.2 Å². The van der Waals surface area contributed by atoms with Gasteiger partial charge in [-0.3, -0.25) is 4.79 Å². The fourth-order valence-electron chi connectivity index (χ4n) is 3.84. The predicted molar refractivity (Wildman–Crippen MR) is 126 cm³/mol. The SMILES string of the molecule is CCCc1ccccc1.COc1ccc([C@@H]2[C@@H](C)C(=O)N2c2ccc(OC)cc2)cc1. The van der Waals surface area contributed by atoms with Gasteiger partial charge in [0, 0.05) is 5.69 Å². The Hall–Kier alpha value is -3.27. The Kier molecular flexibility index (Phi) is 7.71. The second-order valence-electron chi connectivity index (χ2n) is 7.65. The van der Waals surface area contributed by atoms with E-state index in [1.54, 1.807) is 14.2 Å². The van der Waals surface area contributed by atoms with Crippen LogP contribution in [0.25, 0.3) is 0 Å². The molecule has 4 rings (SSSR count). The molecule has 0 aromatic heterocycles. The Morgan fingerprint density at radius 1 is 0.806 bits per heavy atom. The Bertz CT molecular complexity index is 952. The van der Waals surface area contributed by atoms with Crippen molar-refractivity contribution in [2.75, 3.05) is 19.1 Å². The Morgan fingerprint density at radius 2 is 1.35 bits per heavy atom. The summed E-state index contributed by atoms with van der Waals surface area (Å²) in [4.78, 5) is 14.1. The largest absolute Gasteiger partial charge is 0.497 e. The molecule has 1 fully saturated rings. The lowest BCUT2D eigenvalue weighted by Crippen LogP contribution is -2.54. The number of amides is 1. The average Bonchev–Trinajstić information content (AvgIpc) is 2.83. The molecular weight excluding hydrogens is 386 g/mol. The van der Waals surface area contributed by atoms with Gasteiger partial charge < -0.3 is 14.4 Å². The van der Waals surface area contributed by atoms with Gasteiger partial charge in [-0.2, -0.15) is 0 Å². The summed E-state index contributed by atoms with van der Waals surface area (Å²) in [6, 6.07) is 26.1. The number of rotatable bonds is 6. The number of benzene rings is 3. The van der Waals surface area contributed by atoms with E-state index in [0.717, 1.165) is 22.7 Å². The van der Waals surface area contributed by atoms with E-state index < -0.39 is 0 Å². The summed E-state index contributed by atoms with van der Waals surface area (Å²) in [5.41, 5.74) is 3.45. The Labute approximate surface area is 185 Å². The summed E-state index contributed by atoms with van der Waals surface area (Å²) in [5, 5.41) is 0. The minimum absolute atomic E-state index is 0.0181. The molecule has 0 saturated carbocycles. The van der Waals surface area contributed by atoms with E-state index in [1.807, 2.05) is 60.4 Å². The molecular formula is C27H31NO3. The molecule has 3 aromatic carbocycles. The number of hydrogen-bond donors (Lipinski definition) is 0. The molecule has 3 aromatic rings. The van der Waals surface area contributed by atoms with Crippen LogP contribution in [-0.4, -0.2) is 20.1 Å². The molecule has 31 heavy (non-hydrogen) atoms. The van der Waals surface area contributed by atoms with Crippen molar-refractivity contribution in [3.63, 3.8) is 0 Å². The molecule has 0 radical (unpaired) electrons. The quantitative estimate of drug-likeness (QED) is 0.457. The van der Waals surface area contributed by atoms with Crippen molar-refractivity contribution in [2.24, 2.45) is 5.92 Å². The number of β-lactam (4-membered cyclic amide) rings is 1. The van der Waals surface area contributed by atoms with E-state index in [2.05, 4.69) is 37.3 Å². The van der Waals surface area contributed by atoms with Crippen LogP contribution < -0.4 is 14.4 Å². The lowest BCUT2D eigenvalue weighted by Gasteiger charge is -2.46. The highest BCUT2D eigenvalue weighted by molar-refractivity contribution is 6.03. The van der Waals surface area contributed by atoms with Gasteiger partial charge in [0.25, 0.3) is 0 Å². The van der Waals surface area contributed by atoms with E-state index in [-0.39, 0.29) is 17.9 Å². The minimum Gasteiger partial charge on any atom is -0.497 e. The van der Waals surface area contributed by atoms with Crippen LogP contribution in [0, 0.1) is 5.92 Å². The van der Waals surface area contributed by atoms with Crippen molar-refractivity contribution in [3.05, 3.63) is 90.0 Å². The summed E-state index contributed by atoms with van der Waals surface area (Å²) >= 11 is 0. The number of ether oxygens (including phenoxy) is 2. The van der Waals surface area contributed by atoms with Gasteiger partial charge in [-0.15, -0.1) is 0 Å². The molecule has 0 bridgehead atoms. The van der Waals surface area contributed by atoms with Gasteiger partial charge in [0.1, 0.15) is 11.5 Å². The lowest BCUT2D eigenvalue weighted by molar-refractivity contribution is -0.129. The first-order chi connectivity index (χ1) is 15.1. The maximum atomic E-state index is 12.3. The first kappa shape index (κ1) is 22.4. The third-order valence-corrected chi connectivity index (χ3v) is 5.57. The highest BCUT2D eigenvalue weighted by Gasteiger charge is 2.45. The van der Waals surface area contributed by atoms with Crippen LogP contribution in [0.1, 0.15) is 37.4 Å². The van der Waals surface area contributed by atoms with E-state index in [9.17, 15) is 4.79 Å². The zero-order valence-electron chi connectivity index (χ0n) is 18.7. The zero-order valence-corrected chi connectivity index (χ0v) is 18.7. The molecule has 0 aliphatic carbocycles. The molecule has 0 spiro atoms. The summed E-state index contributed by atoms with van der Waals surface area (Å²) in [5.74, 6) is 1.73. The Morgan fingerprint density at radius 3 is 1.87 bits per heavy atom. The van der Waals surface area contributed by atoms with Gasteiger partial charge in [-0.25, -0.2) is 0 Å². The standard InChI is InChI=1S/C18H19NO3.C9H12/c1-12-17(13-4-8-15(21-2)9-5-13)19(18(12)20)14-6-10-16(22-3)11-7-14;1-2-6-9-7-4-3-5-8-9/h4-12,17H,1-3H3;3-5,7-8H,2,6H2,1H3/t12-,17+;/m1./s1. The van der Waals surface area contributed by atoms with Crippen molar-refractivity contribution in [2.45, 2.75) is 32.7 Å². The summed E-state index contributed by atoms with van der Waals surface area (Å²) in [6.45, 7) is 4.17. The molecule has 1 aliphatic rings. The second-order valence-corrected chi connectivity index (χ2v) is 7.65. The van der Waals surface area contributed by atoms with Crippen LogP contribution in [0.2, 0.25) is 0 Å². The highest BCUT2D eigenvalue weighted by atomic mass is 16.5. The van der Waals surface area contributed by atoms with Crippen LogP contribution in [0.3, 0.4) is 0 Å². The normalized spacial score (nSPS) is 17.3. The van der Waals surface area contributed by atoms with Crippen LogP contribution >= 0.6 is 0 Å². The van der Waals surface area contributed by atoms with Crippen molar-refractivity contribution in [3.8, 4) is 11.5 Å². The van der Waals surface area contributed by atoms with Gasteiger partial charge in [-0.1, -0.05) is 62.7 Å². The van der Waals surface area contributed by atoms with Crippen LogP contribution in [0.5, 0.6) is 11.5 Å². The van der Waals surface area contributed by atoms with Crippen molar-refractivity contribution < 1.29 is 14.3 Å². The van der Waals surface area contributed by atoms with Crippen LogP contribution in [-0.2, 0) is 11.2 Å². The van der Waals surface area contributed by atoms with Crippen LogP contribution in [0.15, 0.2) is 78.9 Å². The van der Waals surface area contributed by atoms with Gasteiger partial charge in [-0.05, 0) is 53.9 Å². The number of hydrogen-bond acceptors (Lipinski definition) is 3. The van der Waals surface area contributed by atoms with E-state index in [1.165, 1.54) is 18.4 Å². The molecule has 2 atom stereocenters. The van der Waals surface area contributed by atoms with E-state index >= 15 is 0 Å².